The Balaban J connectivity index is 0.00000300. The number of halogens is 4. The minimum Gasteiger partial charge on any atom is -0.370 e. The standard InChI is InChI=1S/C20H25F3N4O.ClH/c1-2-26-19(28)17-12-27(11-16(17)13-5-7-25-8-6-13)15-4-3-14(10-24)18(9-15)20(21,22)23;/h3-4,9,13,16-17,25H,2,5-8,11-12H2,1H3,(H,26,28);1H/t16-,17+;/m0./s1. The van der Waals surface area contributed by atoms with E-state index in [-0.39, 0.29) is 35.7 Å². The number of benzene rings is 1. The fourth-order valence-electron chi connectivity index (χ4n) is 4.43. The zero-order chi connectivity index (χ0) is 20.3. The molecule has 0 radical (unpaired) electrons. The van der Waals surface area contributed by atoms with Crippen molar-refractivity contribution in [3.8, 4) is 6.07 Å². The molecule has 0 aliphatic carbocycles. The molecule has 2 atom stereocenters. The molecule has 1 aromatic carbocycles. The van der Waals surface area contributed by atoms with Crippen molar-refractivity contribution in [1.82, 2.24) is 10.6 Å². The van der Waals surface area contributed by atoms with Gasteiger partial charge in [0, 0.05) is 25.3 Å². The molecule has 0 saturated carbocycles. The van der Waals surface area contributed by atoms with Crippen molar-refractivity contribution in [1.29, 1.82) is 5.26 Å². The smallest absolute Gasteiger partial charge is 0.370 e. The van der Waals surface area contributed by atoms with E-state index in [9.17, 15) is 18.0 Å². The molecule has 0 spiro atoms. The summed E-state index contributed by atoms with van der Waals surface area (Å²) >= 11 is 0. The molecular weight excluding hydrogens is 405 g/mol. The van der Waals surface area contributed by atoms with Crippen molar-refractivity contribution in [2.75, 3.05) is 37.6 Å². The molecule has 29 heavy (non-hydrogen) atoms. The highest BCUT2D eigenvalue weighted by Gasteiger charge is 2.42. The molecule has 9 heteroatoms. The summed E-state index contributed by atoms with van der Waals surface area (Å²) in [4.78, 5) is 14.5. The first-order valence-corrected chi connectivity index (χ1v) is 9.69. The van der Waals surface area contributed by atoms with Crippen LogP contribution in [0.4, 0.5) is 18.9 Å². The number of carbonyl (C=O) groups is 1. The minimum atomic E-state index is -4.59. The van der Waals surface area contributed by atoms with E-state index in [0.717, 1.165) is 32.0 Å². The molecule has 0 unspecified atom stereocenters. The Kier molecular flexibility index (Phi) is 7.78. The SMILES string of the molecule is CCNC(=O)[C@@H]1CN(c2ccc(C#N)c(C(F)(F)F)c2)C[C@H]1C1CCNCC1.Cl. The minimum absolute atomic E-state index is 0. The Morgan fingerprint density at radius 3 is 2.59 bits per heavy atom. The summed E-state index contributed by atoms with van der Waals surface area (Å²) in [7, 11) is 0. The van der Waals surface area contributed by atoms with Crippen molar-refractivity contribution in [3.63, 3.8) is 0 Å². The number of anilines is 1. The van der Waals surface area contributed by atoms with Gasteiger partial charge in [0.15, 0.2) is 0 Å². The quantitative estimate of drug-likeness (QED) is 0.769. The number of hydrogen-bond acceptors (Lipinski definition) is 4. The van der Waals surface area contributed by atoms with Crippen LogP contribution in [0.1, 0.15) is 30.9 Å². The van der Waals surface area contributed by atoms with Crippen molar-refractivity contribution in [3.05, 3.63) is 29.3 Å². The molecule has 1 aromatic rings. The number of nitrogens with zero attached hydrogens (tertiary/aromatic N) is 2. The highest BCUT2D eigenvalue weighted by Crippen LogP contribution is 2.39. The third kappa shape index (κ3) is 5.14. The molecule has 2 aliphatic heterocycles. The van der Waals surface area contributed by atoms with Crippen LogP contribution in [-0.4, -0.2) is 38.6 Å². The molecule has 3 rings (SSSR count). The Bertz CT molecular complexity index is 759. The number of rotatable bonds is 4. The fourth-order valence-corrected chi connectivity index (χ4v) is 4.43. The van der Waals surface area contributed by atoms with E-state index in [2.05, 4.69) is 10.6 Å². The van der Waals surface area contributed by atoms with Crippen LogP contribution in [0.5, 0.6) is 0 Å². The van der Waals surface area contributed by atoms with Crippen LogP contribution in [-0.2, 0) is 11.0 Å². The first-order valence-electron chi connectivity index (χ1n) is 9.69. The lowest BCUT2D eigenvalue weighted by atomic mass is 9.78. The Morgan fingerprint density at radius 1 is 1.31 bits per heavy atom. The molecule has 0 aromatic heterocycles. The number of carbonyl (C=O) groups excluding carboxylic acids is 1. The van der Waals surface area contributed by atoms with Crippen molar-refractivity contribution < 1.29 is 18.0 Å². The van der Waals surface area contributed by atoms with Gasteiger partial charge in [0.2, 0.25) is 5.91 Å². The van der Waals surface area contributed by atoms with Crippen LogP contribution in [0.2, 0.25) is 0 Å². The monoisotopic (exact) mass is 430 g/mol. The van der Waals surface area contributed by atoms with Crippen LogP contribution in [0, 0.1) is 29.1 Å². The normalized spacial score (nSPS) is 22.7. The topological polar surface area (TPSA) is 68.2 Å². The summed E-state index contributed by atoms with van der Waals surface area (Å²) in [5.41, 5.74) is -0.893. The van der Waals surface area contributed by atoms with Crippen LogP contribution in [0.3, 0.4) is 0 Å². The summed E-state index contributed by atoms with van der Waals surface area (Å²) in [5, 5.41) is 15.2. The van der Waals surface area contributed by atoms with Crippen LogP contribution < -0.4 is 15.5 Å². The van der Waals surface area contributed by atoms with Gasteiger partial charge in [-0.15, -0.1) is 12.4 Å². The predicted octanol–water partition coefficient (Wildman–Crippen LogP) is 3.19. The fraction of sp³-hybridized carbons (Fsp3) is 0.600. The zero-order valence-electron chi connectivity index (χ0n) is 16.3. The van der Waals surface area contributed by atoms with E-state index in [0.29, 0.717) is 31.2 Å². The lowest BCUT2D eigenvalue weighted by molar-refractivity contribution is -0.137. The van der Waals surface area contributed by atoms with E-state index in [1.807, 2.05) is 11.8 Å². The highest BCUT2D eigenvalue weighted by molar-refractivity contribution is 5.85. The average molecular weight is 431 g/mol. The molecule has 160 valence electrons. The molecule has 2 N–H and O–H groups in total. The van der Waals surface area contributed by atoms with Crippen LogP contribution in [0.15, 0.2) is 18.2 Å². The van der Waals surface area contributed by atoms with Crippen LogP contribution >= 0.6 is 12.4 Å². The van der Waals surface area contributed by atoms with E-state index in [4.69, 9.17) is 5.26 Å². The molecule has 5 nitrogen and oxygen atoms in total. The Hall–Kier alpha value is -1.98. The van der Waals surface area contributed by atoms with Gasteiger partial charge in [0.1, 0.15) is 0 Å². The first-order chi connectivity index (χ1) is 13.3. The molecular formula is C20H26ClF3N4O. The lowest BCUT2D eigenvalue weighted by Crippen LogP contribution is -2.40. The van der Waals surface area contributed by atoms with Gasteiger partial charge >= 0.3 is 6.18 Å². The third-order valence-corrected chi connectivity index (χ3v) is 5.84. The maximum Gasteiger partial charge on any atom is 0.417 e. The number of piperidine rings is 1. The van der Waals surface area contributed by atoms with Gasteiger partial charge < -0.3 is 15.5 Å². The van der Waals surface area contributed by atoms with E-state index >= 15 is 0 Å². The zero-order valence-corrected chi connectivity index (χ0v) is 17.1. The maximum atomic E-state index is 13.3. The van der Waals surface area contributed by atoms with Gasteiger partial charge in [-0.3, -0.25) is 4.79 Å². The Labute approximate surface area is 175 Å². The second kappa shape index (κ2) is 9.68. The molecule has 2 saturated heterocycles. The van der Waals surface area contributed by atoms with Crippen LogP contribution in [0.25, 0.3) is 0 Å². The number of hydrogen-bond donors (Lipinski definition) is 2. The maximum absolute atomic E-state index is 13.3. The van der Waals surface area contributed by atoms with Gasteiger partial charge in [-0.25, -0.2) is 0 Å². The highest BCUT2D eigenvalue weighted by atomic mass is 35.5. The third-order valence-electron chi connectivity index (χ3n) is 5.84. The van der Waals surface area contributed by atoms with Gasteiger partial charge in [-0.05, 0) is 62.9 Å². The molecule has 0 bridgehead atoms. The number of amides is 1. The van der Waals surface area contributed by atoms with E-state index in [1.165, 1.54) is 6.07 Å². The summed E-state index contributed by atoms with van der Waals surface area (Å²) in [5.74, 6) is 0.212. The number of alkyl halides is 3. The van der Waals surface area contributed by atoms with Gasteiger partial charge in [0.05, 0.1) is 23.1 Å². The molecule has 2 aliphatic rings. The summed E-state index contributed by atoms with van der Waals surface area (Å²) in [6, 6.07) is 5.42. The average Bonchev–Trinajstić information content (AvgIpc) is 3.13. The Morgan fingerprint density at radius 2 is 2.00 bits per heavy atom. The van der Waals surface area contributed by atoms with Gasteiger partial charge in [-0.1, -0.05) is 0 Å². The molecule has 2 heterocycles. The van der Waals surface area contributed by atoms with Crippen molar-refractivity contribution in [2.45, 2.75) is 25.9 Å². The summed E-state index contributed by atoms with van der Waals surface area (Å²) in [6.07, 6.45) is -2.65. The number of nitriles is 1. The predicted molar refractivity (Wildman–Crippen MR) is 107 cm³/mol. The largest absolute Gasteiger partial charge is 0.417 e. The number of nitrogens with one attached hydrogen (secondary N) is 2. The van der Waals surface area contributed by atoms with E-state index < -0.39 is 11.7 Å². The molecule has 1 amide bonds. The van der Waals surface area contributed by atoms with E-state index in [1.54, 1.807) is 12.1 Å². The van der Waals surface area contributed by atoms with Gasteiger partial charge in [-0.2, -0.15) is 18.4 Å². The second-order valence-electron chi connectivity index (χ2n) is 7.50. The van der Waals surface area contributed by atoms with Gasteiger partial charge in [0.25, 0.3) is 0 Å². The summed E-state index contributed by atoms with van der Waals surface area (Å²) < 4.78 is 40.0. The van der Waals surface area contributed by atoms with Crippen molar-refractivity contribution in [2.24, 2.45) is 17.8 Å². The second-order valence-corrected chi connectivity index (χ2v) is 7.50. The molecule has 2 fully saturated rings. The lowest BCUT2D eigenvalue weighted by Gasteiger charge is -2.30. The summed E-state index contributed by atoms with van der Waals surface area (Å²) in [6.45, 7) is 5.14. The first kappa shape index (κ1) is 23.3. The van der Waals surface area contributed by atoms with Crippen molar-refractivity contribution >= 4 is 24.0 Å².